The van der Waals surface area contributed by atoms with Crippen LogP contribution in [0.25, 0.3) is 6.08 Å². The van der Waals surface area contributed by atoms with Crippen molar-refractivity contribution in [2.24, 2.45) is 0 Å². The first-order valence-corrected chi connectivity index (χ1v) is 5.38. The normalized spacial score (nSPS) is 10.7. The van der Waals surface area contributed by atoms with E-state index in [1.807, 2.05) is 36.4 Å². The third-order valence-electron chi connectivity index (χ3n) is 1.90. The lowest BCUT2D eigenvalue weighted by atomic mass is 10.2. The van der Waals surface area contributed by atoms with E-state index in [-0.39, 0.29) is 6.79 Å². The van der Waals surface area contributed by atoms with Crippen molar-refractivity contribution < 1.29 is 19.1 Å². The van der Waals surface area contributed by atoms with E-state index in [0.717, 1.165) is 5.56 Å². The van der Waals surface area contributed by atoms with Crippen molar-refractivity contribution in [2.45, 2.75) is 6.92 Å². The van der Waals surface area contributed by atoms with Gasteiger partial charge in [-0.3, -0.25) is 4.79 Å². The number of carbonyl (C=O) groups excluding carboxylic acids is 2. The fourth-order valence-corrected chi connectivity index (χ4v) is 1.08. The van der Waals surface area contributed by atoms with Crippen molar-refractivity contribution >= 4 is 18.0 Å². The van der Waals surface area contributed by atoms with Gasteiger partial charge in [0.05, 0.1) is 0 Å². The summed E-state index contributed by atoms with van der Waals surface area (Å²) >= 11 is 0. The van der Waals surface area contributed by atoms with Gasteiger partial charge in [-0.15, -0.1) is 0 Å². The minimum atomic E-state index is -0.561. The Morgan fingerprint density at radius 2 is 1.83 bits per heavy atom. The van der Waals surface area contributed by atoms with E-state index in [0.29, 0.717) is 0 Å². The summed E-state index contributed by atoms with van der Waals surface area (Å²) in [4.78, 5) is 21.5. The predicted molar refractivity (Wildman–Crippen MR) is 67.3 cm³/mol. The van der Waals surface area contributed by atoms with Gasteiger partial charge in [0, 0.05) is 13.0 Å². The lowest BCUT2D eigenvalue weighted by Crippen LogP contribution is -2.08. The van der Waals surface area contributed by atoms with Gasteiger partial charge in [-0.05, 0) is 5.56 Å². The molecule has 0 atom stereocenters. The molecule has 1 rings (SSSR count). The summed E-state index contributed by atoms with van der Waals surface area (Å²) in [5, 5.41) is 0. The van der Waals surface area contributed by atoms with E-state index < -0.39 is 11.9 Å². The molecule has 0 heterocycles. The predicted octanol–water partition coefficient (Wildman–Crippen LogP) is 2.32. The average Bonchev–Trinajstić information content (AvgIpc) is 2.35. The number of hydrogen-bond donors (Lipinski definition) is 0. The third-order valence-corrected chi connectivity index (χ3v) is 1.90. The number of esters is 2. The lowest BCUT2D eigenvalue weighted by Gasteiger charge is -2.00. The second-order valence-corrected chi connectivity index (χ2v) is 3.35. The van der Waals surface area contributed by atoms with Gasteiger partial charge in [-0.2, -0.15) is 0 Å². The van der Waals surface area contributed by atoms with Crippen LogP contribution in [0.5, 0.6) is 0 Å². The van der Waals surface area contributed by atoms with Crippen LogP contribution in [0, 0.1) is 0 Å². The molecule has 18 heavy (non-hydrogen) atoms. The quantitative estimate of drug-likeness (QED) is 0.346. The zero-order valence-corrected chi connectivity index (χ0v) is 10.0. The van der Waals surface area contributed by atoms with Gasteiger partial charge < -0.3 is 9.47 Å². The Hall–Kier alpha value is -2.36. The van der Waals surface area contributed by atoms with Crippen LogP contribution in [-0.4, -0.2) is 18.7 Å². The summed E-state index contributed by atoms with van der Waals surface area (Å²) in [6, 6.07) is 9.68. The minimum absolute atomic E-state index is 0.360. The summed E-state index contributed by atoms with van der Waals surface area (Å²) in [5.74, 6) is -1.05. The maximum Gasteiger partial charge on any atom is 0.333 e. The Morgan fingerprint density at radius 3 is 2.50 bits per heavy atom. The Balaban J connectivity index is 2.30. The molecule has 94 valence electrons. The van der Waals surface area contributed by atoms with E-state index in [9.17, 15) is 9.59 Å². The highest BCUT2D eigenvalue weighted by Crippen LogP contribution is 2.00. The molecule has 4 heteroatoms. The summed E-state index contributed by atoms with van der Waals surface area (Å²) in [5.41, 5.74) is 1.04. The Morgan fingerprint density at radius 1 is 1.11 bits per heavy atom. The lowest BCUT2D eigenvalue weighted by molar-refractivity contribution is -0.162. The smallest absolute Gasteiger partial charge is 0.333 e. The molecule has 1 aromatic rings. The van der Waals surface area contributed by atoms with Gasteiger partial charge >= 0.3 is 11.9 Å². The number of hydrogen-bond acceptors (Lipinski definition) is 4. The van der Waals surface area contributed by atoms with Crippen molar-refractivity contribution in [3.8, 4) is 0 Å². The molecule has 0 unspecified atom stereocenters. The molecule has 0 radical (unpaired) electrons. The van der Waals surface area contributed by atoms with Gasteiger partial charge in [0.2, 0.25) is 6.79 Å². The molecule has 0 bridgehead atoms. The highest BCUT2D eigenvalue weighted by molar-refractivity contribution is 5.82. The first kappa shape index (κ1) is 13.7. The Labute approximate surface area is 106 Å². The van der Waals surface area contributed by atoms with Crippen LogP contribution in [0.2, 0.25) is 0 Å². The number of ether oxygens (including phenoxy) is 2. The molecular formula is C14H14O4. The van der Waals surface area contributed by atoms with Crippen molar-refractivity contribution in [3.05, 3.63) is 54.1 Å². The van der Waals surface area contributed by atoms with Crippen LogP contribution in [-0.2, 0) is 19.1 Å². The van der Waals surface area contributed by atoms with Crippen molar-refractivity contribution in [1.29, 1.82) is 0 Å². The Kier molecular flexibility index (Phi) is 5.97. The zero-order valence-electron chi connectivity index (χ0n) is 10.0. The van der Waals surface area contributed by atoms with Crippen molar-refractivity contribution in [3.63, 3.8) is 0 Å². The summed E-state index contributed by atoms with van der Waals surface area (Å²) < 4.78 is 9.06. The molecule has 0 amide bonds. The molecule has 0 saturated carbocycles. The van der Waals surface area contributed by atoms with Crippen molar-refractivity contribution in [2.75, 3.05) is 6.79 Å². The largest absolute Gasteiger partial charge is 0.428 e. The van der Waals surface area contributed by atoms with Crippen LogP contribution >= 0.6 is 0 Å². The summed E-state index contributed by atoms with van der Waals surface area (Å²) in [6.45, 7) is 0.882. The van der Waals surface area contributed by atoms with Gasteiger partial charge in [0.25, 0.3) is 0 Å². The number of benzene rings is 1. The van der Waals surface area contributed by atoms with Gasteiger partial charge in [-0.25, -0.2) is 4.79 Å². The minimum Gasteiger partial charge on any atom is -0.428 e. The molecule has 0 fully saturated rings. The van der Waals surface area contributed by atoms with Crippen LogP contribution in [0.15, 0.2) is 48.6 Å². The summed E-state index contributed by atoms with van der Waals surface area (Å²) in [6.07, 6.45) is 6.39. The molecule has 0 saturated heterocycles. The van der Waals surface area contributed by atoms with E-state index >= 15 is 0 Å². The molecule has 0 aliphatic carbocycles. The van der Waals surface area contributed by atoms with E-state index in [1.165, 1.54) is 13.0 Å². The van der Waals surface area contributed by atoms with Gasteiger partial charge in [0.15, 0.2) is 0 Å². The molecule has 0 aliphatic heterocycles. The zero-order chi connectivity index (χ0) is 13.2. The average molecular weight is 246 g/mol. The molecule has 4 nitrogen and oxygen atoms in total. The van der Waals surface area contributed by atoms with Gasteiger partial charge in [0.1, 0.15) is 0 Å². The maximum atomic E-state index is 11.1. The first-order chi connectivity index (χ1) is 8.68. The first-order valence-electron chi connectivity index (χ1n) is 5.38. The Bertz CT molecular complexity index is 446. The fraction of sp³-hybridized carbons (Fsp3) is 0.143. The molecule has 1 aromatic carbocycles. The van der Waals surface area contributed by atoms with E-state index in [1.54, 1.807) is 12.2 Å². The standard InChI is InChI=1S/C14H14O4/c1-12(15)17-11-18-14(16)10-6-5-9-13-7-3-2-4-8-13/h2-10H,11H2,1H3. The monoisotopic (exact) mass is 246 g/mol. The molecule has 0 spiro atoms. The van der Waals surface area contributed by atoms with E-state index in [2.05, 4.69) is 9.47 Å². The number of allylic oxidation sites excluding steroid dienone is 2. The molecule has 0 N–H and O–H groups in total. The van der Waals surface area contributed by atoms with Crippen LogP contribution in [0.3, 0.4) is 0 Å². The van der Waals surface area contributed by atoms with Crippen LogP contribution < -0.4 is 0 Å². The van der Waals surface area contributed by atoms with Crippen LogP contribution in [0.1, 0.15) is 12.5 Å². The second-order valence-electron chi connectivity index (χ2n) is 3.35. The SMILES string of the molecule is CC(=O)OCOC(=O)C=CC=Cc1ccccc1. The van der Waals surface area contributed by atoms with Gasteiger partial charge in [-0.1, -0.05) is 48.6 Å². The highest BCUT2D eigenvalue weighted by atomic mass is 16.7. The van der Waals surface area contributed by atoms with Crippen molar-refractivity contribution in [1.82, 2.24) is 0 Å². The maximum absolute atomic E-state index is 11.1. The number of carbonyl (C=O) groups is 2. The highest BCUT2D eigenvalue weighted by Gasteiger charge is 1.96. The molecular weight excluding hydrogens is 232 g/mol. The fourth-order valence-electron chi connectivity index (χ4n) is 1.08. The number of rotatable bonds is 5. The molecule has 0 aliphatic rings. The van der Waals surface area contributed by atoms with Crippen LogP contribution in [0.4, 0.5) is 0 Å². The van der Waals surface area contributed by atoms with E-state index in [4.69, 9.17) is 0 Å². The third kappa shape index (κ3) is 6.27. The topological polar surface area (TPSA) is 52.6 Å². The molecule has 0 aromatic heterocycles. The second kappa shape index (κ2) is 7.84. The summed E-state index contributed by atoms with van der Waals surface area (Å²) in [7, 11) is 0.